The summed E-state index contributed by atoms with van der Waals surface area (Å²) in [6, 6.07) is 10.0. The van der Waals surface area contributed by atoms with Gasteiger partial charge in [-0.1, -0.05) is 17.3 Å². The van der Waals surface area contributed by atoms with Gasteiger partial charge < -0.3 is 19.3 Å². The topological polar surface area (TPSA) is 135 Å². The molecule has 34 heavy (non-hydrogen) atoms. The summed E-state index contributed by atoms with van der Waals surface area (Å²) in [6.07, 6.45) is 0. The van der Waals surface area contributed by atoms with Crippen molar-refractivity contribution in [1.29, 1.82) is 0 Å². The summed E-state index contributed by atoms with van der Waals surface area (Å²) in [5.74, 6) is -0.225. The Balaban J connectivity index is 1.60. The van der Waals surface area contributed by atoms with E-state index < -0.39 is 17.2 Å². The minimum absolute atomic E-state index is 0.0743. The second kappa shape index (κ2) is 9.35. The van der Waals surface area contributed by atoms with Crippen LogP contribution in [0.1, 0.15) is 31.5 Å². The van der Waals surface area contributed by atoms with Crippen LogP contribution in [0.3, 0.4) is 0 Å². The standard InChI is InChI=1S/C22H20N4O7S/c1-25-20-15(9-17(34-20)18(27)23-10-12-4-6-13(31-2)7-5-12)19(28)26(22(25)30)11-14-8-16(24-33-14)21(29)32-3/h4-9H,10-11H2,1-3H3,(H,23,27). The molecule has 176 valence electrons. The average Bonchev–Trinajstić information content (AvgIpc) is 3.51. The second-order valence-electron chi connectivity index (χ2n) is 7.26. The van der Waals surface area contributed by atoms with E-state index in [1.165, 1.54) is 30.9 Å². The molecule has 0 atom stereocenters. The Bertz CT molecular complexity index is 1490. The molecular formula is C22H20N4O7S. The Morgan fingerprint density at radius 3 is 2.56 bits per heavy atom. The lowest BCUT2D eigenvalue weighted by Crippen LogP contribution is -2.38. The van der Waals surface area contributed by atoms with Gasteiger partial charge in [-0.05, 0) is 23.8 Å². The van der Waals surface area contributed by atoms with Crippen LogP contribution in [0, 0.1) is 0 Å². The van der Waals surface area contributed by atoms with Crippen molar-refractivity contribution in [2.45, 2.75) is 13.1 Å². The zero-order valence-corrected chi connectivity index (χ0v) is 19.3. The highest BCUT2D eigenvalue weighted by atomic mass is 32.1. The van der Waals surface area contributed by atoms with Gasteiger partial charge in [0.25, 0.3) is 11.5 Å². The highest BCUT2D eigenvalue weighted by Crippen LogP contribution is 2.22. The molecule has 0 saturated heterocycles. The van der Waals surface area contributed by atoms with Gasteiger partial charge in [-0.3, -0.25) is 18.7 Å². The fourth-order valence-electron chi connectivity index (χ4n) is 3.29. The van der Waals surface area contributed by atoms with E-state index in [2.05, 4.69) is 15.2 Å². The number of aromatic nitrogens is 3. The molecule has 4 aromatic rings. The maximum Gasteiger partial charge on any atom is 0.360 e. The van der Waals surface area contributed by atoms with Crippen LogP contribution in [-0.2, 0) is 24.9 Å². The first kappa shape index (κ1) is 23.0. The molecule has 0 aliphatic carbocycles. The first-order chi connectivity index (χ1) is 16.3. The predicted molar refractivity (Wildman–Crippen MR) is 122 cm³/mol. The lowest BCUT2D eigenvalue weighted by molar-refractivity contribution is 0.0589. The third-order valence-corrected chi connectivity index (χ3v) is 6.32. The van der Waals surface area contributed by atoms with Crippen LogP contribution in [0.15, 0.2) is 50.5 Å². The molecule has 0 radical (unpaired) electrons. The van der Waals surface area contributed by atoms with Crippen molar-refractivity contribution in [3.05, 3.63) is 79.1 Å². The number of methoxy groups -OCH3 is 2. The third-order valence-electron chi connectivity index (χ3n) is 5.11. The number of amides is 1. The maximum atomic E-state index is 13.0. The van der Waals surface area contributed by atoms with E-state index in [1.807, 2.05) is 12.1 Å². The van der Waals surface area contributed by atoms with Crippen LogP contribution in [0.2, 0.25) is 0 Å². The molecule has 11 nitrogen and oxygen atoms in total. The van der Waals surface area contributed by atoms with Gasteiger partial charge >= 0.3 is 11.7 Å². The fourth-order valence-corrected chi connectivity index (χ4v) is 4.31. The van der Waals surface area contributed by atoms with E-state index in [0.29, 0.717) is 15.5 Å². The van der Waals surface area contributed by atoms with Crippen molar-refractivity contribution in [2.24, 2.45) is 7.05 Å². The molecule has 0 saturated carbocycles. The number of fused-ring (bicyclic) bond motifs is 1. The summed E-state index contributed by atoms with van der Waals surface area (Å²) < 4.78 is 17.0. The molecule has 12 heteroatoms. The normalized spacial score (nSPS) is 10.9. The molecule has 0 unspecified atom stereocenters. The number of thiophene rings is 1. The SMILES string of the molecule is COC(=O)c1cc(Cn2c(=O)c3cc(C(=O)NCc4ccc(OC)cc4)sc3n(C)c2=O)on1. The van der Waals surface area contributed by atoms with E-state index in [-0.39, 0.29) is 35.8 Å². The predicted octanol–water partition coefficient (Wildman–Crippen LogP) is 1.52. The lowest BCUT2D eigenvalue weighted by atomic mass is 10.2. The minimum Gasteiger partial charge on any atom is -0.497 e. The van der Waals surface area contributed by atoms with Gasteiger partial charge in [-0.15, -0.1) is 11.3 Å². The van der Waals surface area contributed by atoms with Crippen molar-refractivity contribution in [2.75, 3.05) is 14.2 Å². The van der Waals surface area contributed by atoms with E-state index in [0.717, 1.165) is 21.5 Å². The number of aryl methyl sites for hydroxylation is 1. The number of nitrogens with zero attached hydrogens (tertiary/aromatic N) is 3. The number of hydrogen-bond donors (Lipinski definition) is 1. The summed E-state index contributed by atoms with van der Waals surface area (Å²) in [4.78, 5) is 50.8. The van der Waals surface area contributed by atoms with Crippen LogP contribution in [0.4, 0.5) is 0 Å². The van der Waals surface area contributed by atoms with Gasteiger partial charge in [-0.25, -0.2) is 9.59 Å². The van der Waals surface area contributed by atoms with Gasteiger partial charge in [0, 0.05) is 19.7 Å². The molecular weight excluding hydrogens is 464 g/mol. The van der Waals surface area contributed by atoms with Crippen molar-refractivity contribution in [3.63, 3.8) is 0 Å². The monoisotopic (exact) mass is 484 g/mol. The molecule has 0 fully saturated rings. The molecule has 1 aromatic carbocycles. The highest BCUT2D eigenvalue weighted by Gasteiger charge is 2.20. The van der Waals surface area contributed by atoms with Crippen molar-refractivity contribution in [3.8, 4) is 5.75 Å². The Kier molecular flexibility index (Phi) is 6.32. The number of ether oxygens (including phenoxy) is 2. The van der Waals surface area contributed by atoms with Crippen LogP contribution >= 0.6 is 11.3 Å². The molecule has 3 aromatic heterocycles. The molecule has 1 amide bonds. The van der Waals surface area contributed by atoms with Gasteiger partial charge in [0.05, 0.1) is 31.0 Å². The largest absolute Gasteiger partial charge is 0.497 e. The number of rotatable bonds is 7. The van der Waals surface area contributed by atoms with Crippen LogP contribution in [0.25, 0.3) is 10.2 Å². The lowest BCUT2D eigenvalue weighted by Gasteiger charge is -2.06. The number of nitrogens with one attached hydrogen (secondary N) is 1. The first-order valence-electron chi connectivity index (χ1n) is 10.0. The molecule has 1 N–H and O–H groups in total. The maximum absolute atomic E-state index is 13.0. The first-order valence-corrected chi connectivity index (χ1v) is 10.8. The molecule has 3 heterocycles. The smallest absolute Gasteiger partial charge is 0.360 e. The number of esters is 1. The average molecular weight is 484 g/mol. The molecule has 4 rings (SSSR count). The van der Waals surface area contributed by atoms with Crippen molar-refractivity contribution < 1.29 is 23.6 Å². The van der Waals surface area contributed by atoms with Gasteiger partial charge in [0.2, 0.25) is 0 Å². The fraction of sp³-hybridized carbons (Fsp3) is 0.227. The quantitative estimate of drug-likeness (QED) is 0.390. The van der Waals surface area contributed by atoms with Crippen molar-refractivity contribution >= 4 is 33.4 Å². The van der Waals surface area contributed by atoms with E-state index >= 15 is 0 Å². The Labute approximate surface area is 196 Å². The minimum atomic E-state index is -0.700. The number of hydrogen-bond acceptors (Lipinski definition) is 9. The zero-order valence-electron chi connectivity index (χ0n) is 18.5. The molecule has 0 aliphatic heterocycles. The van der Waals surface area contributed by atoms with Crippen LogP contribution in [0.5, 0.6) is 5.75 Å². The third kappa shape index (κ3) is 4.35. The van der Waals surface area contributed by atoms with Crippen molar-refractivity contribution in [1.82, 2.24) is 19.6 Å². The number of benzene rings is 1. The number of carbonyl (C=O) groups excluding carboxylic acids is 2. The molecule has 0 spiro atoms. The number of carbonyl (C=O) groups is 2. The summed E-state index contributed by atoms with van der Waals surface area (Å²) in [5, 5.41) is 6.60. The Morgan fingerprint density at radius 1 is 1.15 bits per heavy atom. The van der Waals surface area contributed by atoms with Gasteiger partial charge in [0.15, 0.2) is 11.5 Å². The summed E-state index contributed by atoms with van der Waals surface area (Å²) in [6.45, 7) is 0.0501. The van der Waals surface area contributed by atoms with Gasteiger partial charge in [0.1, 0.15) is 10.6 Å². The Morgan fingerprint density at radius 2 is 1.88 bits per heavy atom. The van der Waals surface area contributed by atoms with Gasteiger partial charge in [-0.2, -0.15) is 0 Å². The summed E-state index contributed by atoms with van der Waals surface area (Å²) in [5.41, 5.74) is -0.377. The van der Waals surface area contributed by atoms with E-state index in [9.17, 15) is 19.2 Å². The molecule has 0 aliphatic rings. The summed E-state index contributed by atoms with van der Waals surface area (Å²) >= 11 is 1.05. The zero-order chi connectivity index (χ0) is 24.4. The summed E-state index contributed by atoms with van der Waals surface area (Å²) in [7, 11) is 4.28. The second-order valence-corrected chi connectivity index (χ2v) is 8.29. The van der Waals surface area contributed by atoms with Crippen LogP contribution in [-0.4, -0.2) is 40.4 Å². The molecule has 0 bridgehead atoms. The van der Waals surface area contributed by atoms with E-state index in [1.54, 1.807) is 19.2 Å². The Hall–Kier alpha value is -4.19. The highest BCUT2D eigenvalue weighted by molar-refractivity contribution is 7.20. The van der Waals surface area contributed by atoms with Crippen LogP contribution < -0.4 is 21.3 Å². The van der Waals surface area contributed by atoms with E-state index in [4.69, 9.17) is 9.26 Å².